The highest BCUT2D eigenvalue weighted by molar-refractivity contribution is 9.10. The van der Waals surface area contributed by atoms with E-state index in [4.69, 9.17) is 4.74 Å². The summed E-state index contributed by atoms with van der Waals surface area (Å²) >= 11 is 3.68. The molecule has 0 bridgehead atoms. The number of benzene rings is 1. The van der Waals surface area contributed by atoms with Gasteiger partial charge in [-0.05, 0) is 55.0 Å². The van der Waals surface area contributed by atoms with Crippen molar-refractivity contribution in [3.8, 4) is 5.75 Å². The smallest absolute Gasteiger partial charge is 0.119 e. The summed E-state index contributed by atoms with van der Waals surface area (Å²) in [6, 6.07) is 6.83. The first-order chi connectivity index (χ1) is 9.65. The molecule has 0 spiro atoms. The van der Waals surface area contributed by atoms with Crippen LogP contribution < -0.4 is 10.1 Å². The number of methoxy groups -OCH3 is 1. The van der Waals surface area contributed by atoms with Gasteiger partial charge < -0.3 is 10.1 Å². The number of hydrogen-bond donors (Lipinski definition) is 1. The fourth-order valence-corrected chi connectivity index (χ4v) is 3.89. The molecule has 1 N–H and O–H groups in total. The van der Waals surface area contributed by atoms with E-state index in [1.807, 2.05) is 6.07 Å². The van der Waals surface area contributed by atoms with Crippen LogP contribution in [-0.2, 0) is 6.42 Å². The van der Waals surface area contributed by atoms with Crippen molar-refractivity contribution in [1.29, 1.82) is 0 Å². The highest BCUT2D eigenvalue weighted by Crippen LogP contribution is 2.35. The predicted molar refractivity (Wildman–Crippen MR) is 88.4 cm³/mol. The van der Waals surface area contributed by atoms with Crippen molar-refractivity contribution in [1.82, 2.24) is 5.32 Å². The van der Waals surface area contributed by atoms with Crippen LogP contribution in [0.25, 0.3) is 0 Å². The monoisotopic (exact) mass is 339 g/mol. The quantitative estimate of drug-likeness (QED) is 0.828. The molecule has 112 valence electrons. The summed E-state index contributed by atoms with van der Waals surface area (Å²) in [7, 11) is 1.73. The van der Waals surface area contributed by atoms with E-state index in [1.165, 1.54) is 29.3 Å². The molecule has 20 heavy (non-hydrogen) atoms. The molecule has 0 radical (unpaired) electrons. The van der Waals surface area contributed by atoms with Gasteiger partial charge in [0.2, 0.25) is 0 Å². The van der Waals surface area contributed by atoms with E-state index < -0.39 is 0 Å². The molecule has 0 aromatic heterocycles. The van der Waals surface area contributed by atoms with E-state index in [1.54, 1.807) is 7.11 Å². The Kier molecular flexibility index (Phi) is 5.91. The molecular weight excluding hydrogens is 314 g/mol. The fraction of sp³-hybridized carbons (Fsp3) is 0.647. The molecule has 1 aliphatic rings. The highest BCUT2D eigenvalue weighted by Gasteiger charge is 2.30. The van der Waals surface area contributed by atoms with Crippen molar-refractivity contribution in [3.63, 3.8) is 0 Å². The SMILES string of the molecule is CCNC(Cc1cc(OC)ccc1Br)C1CCCC1C. The van der Waals surface area contributed by atoms with Crippen molar-refractivity contribution in [2.75, 3.05) is 13.7 Å². The lowest BCUT2D eigenvalue weighted by atomic mass is 9.86. The van der Waals surface area contributed by atoms with Gasteiger partial charge in [0.1, 0.15) is 5.75 Å². The summed E-state index contributed by atoms with van der Waals surface area (Å²) in [4.78, 5) is 0. The van der Waals surface area contributed by atoms with Crippen molar-refractivity contribution < 1.29 is 4.74 Å². The minimum atomic E-state index is 0.570. The molecule has 3 atom stereocenters. The van der Waals surface area contributed by atoms with Crippen molar-refractivity contribution in [3.05, 3.63) is 28.2 Å². The molecule has 1 aliphatic carbocycles. The lowest BCUT2D eigenvalue weighted by Gasteiger charge is -2.28. The van der Waals surface area contributed by atoms with Crippen LogP contribution in [-0.4, -0.2) is 19.7 Å². The summed E-state index contributed by atoms with van der Waals surface area (Å²) in [5, 5.41) is 3.71. The van der Waals surface area contributed by atoms with Gasteiger partial charge in [0, 0.05) is 10.5 Å². The summed E-state index contributed by atoms with van der Waals surface area (Å²) in [6.45, 7) is 5.64. The lowest BCUT2D eigenvalue weighted by Crippen LogP contribution is -2.39. The second-order valence-corrected chi connectivity index (χ2v) is 6.75. The predicted octanol–water partition coefficient (Wildman–Crippen LogP) is 4.41. The van der Waals surface area contributed by atoms with Crippen LogP contribution in [0.2, 0.25) is 0 Å². The average Bonchev–Trinajstić information content (AvgIpc) is 2.86. The lowest BCUT2D eigenvalue weighted by molar-refractivity contribution is 0.298. The van der Waals surface area contributed by atoms with Crippen LogP contribution in [0.4, 0.5) is 0 Å². The zero-order chi connectivity index (χ0) is 14.5. The molecule has 3 unspecified atom stereocenters. The number of hydrogen-bond acceptors (Lipinski definition) is 2. The number of halogens is 1. The average molecular weight is 340 g/mol. The van der Waals surface area contributed by atoms with Gasteiger partial charge in [-0.1, -0.05) is 42.6 Å². The van der Waals surface area contributed by atoms with Crippen LogP contribution >= 0.6 is 15.9 Å². The molecule has 1 saturated carbocycles. The molecule has 0 saturated heterocycles. The number of nitrogens with one attached hydrogen (secondary N) is 1. The van der Waals surface area contributed by atoms with Crippen molar-refractivity contribution >= 4 is 15.9 Å². The van der Waals surface area contributed by atoms with Gasteiger partial charge in [-0.25, -0.2) is 0 Å². The molecule has 1 fully saturated rings. The molecule has 0 aliphatic heterocycles. The van der Waals surface area contributed by atoms with Gasteiger partial charge in [0.25, 0.3) is 0 Å². The third-order valence-corrected chi connectivity index (χ3v) is 5.38. The number of likely N-dealkylation sites (N-methyl/N-ethyl adjacent to an activating group) is 1. The van der Waals surface area contributed by atoms with Crippen LogP contribution in [0.5, 0.6) is 5.75 Å². The topological polar surface area (TPSA) is 21.3 Å². The van der Waals surface area contributed by atoms with E-state index in [0.717, 1.165) is 30.6 Å². The van der Waals surface area contributed by atoms with Gasteiger partial charge in [-0.3, -0.25) is 0 Å². The van der Waals surface area contributed by atoms with Crippen LogP contribution in [0.3, 0.4) is 0 Å². The zero-order valence-corrected chi connectivity index (χ0v) is 14.4. The molecule has 0 amide bonds. The van der Waals surface area contributed by atoms with E-state index in [0.29, 0.717) is 6.04 Å². The summed E-state index contributed by atoms with van der Waals surface area (Å²) in [5.74, 6) is 2.58. The van der Waals surface area contributed by atoms with Crippen LogP contribution in [0.15, 0.2) is 22.7 Å². The Hall–Kier alpha value is -0.540. The maximum Gasteiger partial charge on any atom is 0.119 e. The standard InChI is InChI=1S/C17H26BrNO/c1-4-19-17(15-7-5-6-12(15)2)11-13-10-14(20-3)8-9-16(13)18/h8-10,12,15,17,19H,4-7,11H2,1-3H3. The maximum absolute atomic E-state index is 5.36. The first-order valence-electron chi connectivity index (χ1n) is 7.71. The maximum atomic E-state index is 5.36. The zero-order valence-electron chi connectivity index (χ0n) is 12.8. The van der Waals surface area contributed by atoms with E-state index in [2.05, 4.69) is 47.2 Å². The largest absolute Gasteiger partial charge is 0.497 e. The Morgan fingerprint density at radius 2 is 2.20 bits per heavy atom. The minimum absolute atomic E-state index is 0.570. The molecule has 3 heteroatoms. The van der Waals surface area contributed by atoms with Crippen molar-refractivity contribution in [2.45, 2.75) is 45.6 Å². The van der Waals surface area contributed by atoms with Gasteiger partial charge in [0.05, 0.1) is 7.11 Å². The second kappa shape index (κ2) is 7.46. The van der Waals surface area contributed by atoms with Gasteiger partial charge >= 0.3 is 0 Å². The molecule has 2 nitrogen and oxygen atoms in total. The second-order valence-electron chi connectivity index (χ2n) is 5.90. The Balaban J connectivity index is 2.15. The summed E-state index contributed by atoms with van der Waals surface area (Å²) < 4.78 is 6.54. The van der Waals surface area contributed by atoms with E-state index >= 15 is 0 Å². The third-order valence-electron chi connectivity index (χ3n) is 4.60. The summed E-state index contributed by atoms with van der Waals surface area (Å²) in [5.41, 5.74) is 1.34. The Morgan fingerprint density at radius 1 is 1.40 bits per heavy atom. The van der Waals surface area contributed by atoms with Gasteiger partial charge in [-0.2, -0.15) is 0 Å². The van der Waals surface area contributed by atoms with E-state index in [9.17, 15) is 0 Å². The van der Waals surface area contributed by atoms with E-state index in [-0.39, 0.29) is 0 Å². The molecule has 1 aromatic carbocycles. The molecular formula is C17H26BrNO. The van der Waals surface area contributed by atoms with Gasteiger partial charge in [0.15, 0.2) is 0 Å². The fourth-order valence-electron chi connectivity index (χ4n) is 3.48. The first kappa shape index (κ1) is 15.8. The normalized spacial score (nSPS) is 23.8. The van der Waals surface area contributed by atoms with Crippen molar-refractivity contribution in [2.24, 2.45) is 11.8 Å². The molecule has 0 heterocycles. The molecule has 2 rings (SSSR count). The Labute approximate surface area is 131 Å². The minimum Gasteiger partial charge on any atom is -0.497 e. The number of ether oxygens (including phenoxy) is 1. The Bertz CT molecular complexity index is 435. The van der Waals surface area contributed by atoms with Crippen LogP contribution in [0, 0.1) is 11.8 Å². The number of rotatable bonds is 6. The summed E-state index contributed by atoms with van der Waals surface area (Å²) in [6.07, 6.45) is 5.19. The third kappa shape index (κ3) is 3.76. The van der Waals surface area contributed by atoms with Gasteiger partial charge in [-0.15, -0.1) is 0 Å². The Morgan fingerprint density at radius 3 is 2.80 bits per heavy atom. The van der Waals surface area contributed by atoms with Crippen LogP contribution in [0.1, 0.15) is 38.7 Å². The highest BCUT2D eigenvalue weighted by atomic mass is 79.9. The first-order valence-corrected chi connectivity index (χ1v) is 8.50. The molecule has 1 aromatic rings.